The summed E-state index contributed by atoms with van der Waals surface area (Å²) in [5.41, 5.74) is 0. The molecule has 0 fully saturated rings. The zero-order chi connectivity index (χ0) is 19.9. The Labute approximate surface area is 161 Å². The molecule has 0 aromatic heterocycles. The minimum absolute atomic E-state index is 0.0289. The predicted molar refractivity (Wildman–Crippen MR) is 114 cm³/mol. The van der Waals surface area contributed by atoms with Crippen molar-refractivity contribution in [2.24, 2.45) is 5.92 Å². The molecular formula is C19H38ClO3PSi. The summed E-state index contributed by atoms with van der Waals surface area (Å²) in [6.45, 7) is 18.3. The fourth-order valence-electron chi connectivity index (χ4n) is 2.48. The van der Waals surface area contributed by atoms with Crippen molar-refractivity contribution in [2.45, 2.75) is 70.7 Å². The predicted octanol–water partition coefficient (Wildman–Crippen LogP) is 6.17. The van der Waals surface area contributed by atoms with E-state index >= 15 is 0 Å². The van der Waals surface area contributed by atoms with Gasteiger partial charge in [-0.05, 0) is 44.3 Å². The molecule has 0 aliphatic heterocycles. The highest BCUT2D eigenvalue weighted by molar-refractivity contribution is 7.63. The summed E-state index contributed by atoms with van der Waals surface area (Å²) in [6, 6.07) is 0. The number of alkyl halides is 1. The fourth-order valence-corrected chi connectivity index (χ4v) is 5.02. The van der Waals surface area contributed by atoms with Gasteiger partial charge in [0.2, 0.25) is 0 Å². The van der Waals surface area contributed by atoms with E-state index in [1.165, 1.54) is 0 Å². The van der Waals surface area contributed by atoms with E-state index in [1.54, 1.807) is 13.3 Å². The van der Waals surface area contributed by atoms with Crippen LogP contribution in [-0.4, -0.2) is 45.6 Å². The number of hydrogen-bond donors (Lipinski definition) is 0. The molecule has 0 aromatic carbocycles. The number of hydrogen-bond acceptors (Lipinski definition) is 3. The van der Waals surface area contributed by atoms with Crippen molar-refractivity contribution in [1.82, 2.24) is 0 Å². The van der Waals surface area contributed by atoms with Crippen LogP contribution in [0.25, 0.3) is 0 Å². The Morgan fingerprint density at radius 1 is 1.28 bits per heavy atom. The number of Topliss-reactive ketones (excluding diaryl/α,β-unsaturated/α-hetero) is 1. The summed E-state index contributed by atoms with van der Waals surface area (Å²) in [4.78, 5) is 12.5. The maximum absolute atomic E-state index is 12.5. The Bertz CT molecular complexity index is 480. The van der Waals surface area contributed by atoms with Gasteiger partial charge in [0.15, 0.2) is 8.32 Å². The van der Waals surface area contributed by atoms with Crippen molar-refractivity contribution in [3.63, 3.8) is 0 Å². The molecule has 0 heterocycles. The highest BCUT2D eigenvalue weighted by Crippen LogP contribution is 2.40. The summed E-state index contributed by atoms with van der Waals surface area (Å²) >= 11 is 5.80. The van der Waals surface area contributed by atoms with Crippen LogP contribution in [0.3, 0.4) is 0 Å². The quantitative estimate of drug-likeness (QED) is 0.127. The Balaban J connectivity index is 5.30. The van der Waals surface area contributed by atoms with Gasteiger partial charge in [-0.15, -0.1) is 18.2 Å². The number of carbonyl (C=O) groups excluding carboxylic acids is 1. The van der Waals surface area contributed by atoms with E-state index in [0.29, 0.717) is 12.3 Å². The van der Waals surface area contributed by atoms with Gasteiger partial charge in [0.25, 0.3) is 0 Å². The maximum Gasteiger partial charge on any atom is 0.192 e. The van der Waals surface area contributed by atoms with Gasteiger partial charge in [-0.2, -0.15) is 0 Å². The van der Waals surface area contributed by atoms with Crippen molar-refractivity contribution >= 4 is 32.8 Å². The SMILES string of the molecule is C=C[C@@H](CCCCCl)[C@H](CC(=O)CP(C)(C)=O)O[Si](C)(C)C(C)(C)C. The minimum atomic E-state index is -2.36. The van der Waals surface area contributed by atoms with E-state index in [-0.39, 0.29) is 29.0 Å². The minimum Gasteiger partial charge on any atom is -0.413 e. The lowest BCUT2D eigenvalue weighted by molar-refractivity contribution is -0.118. The molecule has 0 unspecified atom stereocenters. The first-order valence-corrected chi connectivity index (χ1v) is 15.4. The maximum atomic E-state index is 12.5. The molecule has 0 bridgehead atoms. The standard InChI is InChI=1S/C19H38ClO3PSi/c1-9-16(12-10-11-13-20)18(14-17(21)15-24(5,6)22)23-25(7,8)19(2,3)4/h9,16,18H,1,10-15H2,2-8H3/t16-,18-/m0/s1. The van der Waals surface area contributed by atoms with Crippen LogP contribution in [0, 0.1) is 5.92 Å². The third-order valence-corrected chi connectivity index (χ3v) is 10.8. The average molecular weight is 409 g/mol. The molecule has 0 aliphatic carbocycles. The van der Waals surface area contributed by atoms with Gasteiger partial charge in [0, 0.05) is 18.2 Å². The highest BCUT2D eigenvalue weighted by Gasteiger charge is 2.40. The van der Waals surface area contributed by atoms with Crippen molar-refractivity contribution < 1.29 is 13.8 Å². The van der Waals surface area contributed by atoms with Crippen LogP contribution in [-0.2, 0) is 13.8 Å². The third kappa shape index (κ3) is 10.1. The van der Waals surface area contributed by atoms with Crippen LogP contribution in [0.4, 0.5) is 0 Å². The first-order chi connectivity index (χ1) is 11.2. The average Bonchev–Trinajstić information content (AvgIpc) is 2.39. The topological polar surface area (TPSA) is 43.4 Å². The molecule has 3 nitrogen and oxygen atoms in total. The van der Waals surface area contributed by atoms with E-state index in [9.17, 15) is 9.36 Å². The molecule has 0 saturated carbocycles. The molecule has 148 valence electrons. The lowest BCUT2D eigenvalue weighted by Gasteiger charge is -2.41. The second-order valence-corrected chi connectivity index (χ2v) is 17.6. The summed E-state index contributed by atoms with van der Waals surface area (Å²) in [5.74, 6) is 0.793. The normalized spacial score (nSPS) is 15.7. The third-order valence-electron chi connectivity index (χ3n) is 4.94. The van der Waals surface area contributed by atoms with Crippen molar-refractivity contribution in [3.8, 4) is 0 Å². The second-order valence-electron chi connectivity index (χ2n) is 8.98. The molecule has 25 heavy (non-hydrogen) atoms. The molecular weight excluding hydrogens is 371 g/mol. The molecule has 6 heteroatoms. The van der Waals surface area contributed by atoms with Crippen molar-refractivity contribution in [1.29, 1.82) is 0 Å². The van der Waals surface area contributed by atoms with Crippen LogP contribution in [0.15, 0.2) is 12.7 Å². The van der Waals surface area contributed by atoms with Crippen LogP contribution in [0.5, 0.6) is 0 Å². The monoisotopic (exact) mass is 408 g/mol. The molecule has 0 rings (SSSR count). The van der Waals surface area contributed by atoms with Crippen molar-refractivity contribution in [2.75, 3.05) is 25.4 Å². The molecule has 2 atom stereocenters. The number of unbranched alkanes of at least 4 members (excludes halogenated alkanes) is 1. The molecule has 0 amide bonds. The van der Waals surface area contributed by atoms with Crippen LogP contribution < -0.4 is 0 Å². The first-order valence-electron chi connectivity index (χ1n) is 9.15. The highest BCUT2D eigenvalue weighted by atomic mass is 35.5. The smallest absolute Gasteiger partial charge is 0.192 e. The first kappa shape index (κ1) is 25.1. The van der Waals surface area contributed by atoms with Gasteiger partial charge in [0.05, 0.1) is 19.4 Å². The van der Waals surface area contributed by atoms with Gasteiger partial charge >= 0.3 is 0 Å². The van der Waals surface area contributed by atoms with E-state index in [2.05, 4.69) is 40.4 Å². The fraction of sp³-hybridized carbons (Fsp3) is 0.842. The Morgan fingerprint density at radius 2 is 1.84 bits per heavy atom. The van der Waals surface area contributed by atoms with Crippen LogP contribution >= 0.6 is 18.7 Å². The second kappa shape index (κ2) is 10.4. The molecule has 0 aromatic rings. The summed E-state index contributed by atoms with van der Waals surface area (Å²) in [7, 11) is -4.38. The molecule has 0 N–H and O–H groups in total. The van der Waals surface area contributed by atoms with Gasteiger partial charge in [-0.25, -0.2) is 0 Å². The molecule has 0 saturated heterocycles. The molecule has 0 radical (unpaired) electrons. The summed E-state index contributed by atoms with van der Waals surface area (Å²) < 4.78 is 18.6. The zero-order valence-corrected chi connectivity index (χ0v) is 19.9. The zero-order valence-electron chi connectivity index (χ0n) is 17.2. The molecule has 0 spiro atoms. The van der Waals surface area contributed by atoms with Crippen molar-refractivity contribution in [3.05, 3.63) is 12.7 Å². The number of rotatable bonds is 12. The molecule has 0 aliphatic rings. The lowest BCUT2D eigenvalue weighted by Crippen LogP contribution is -2.46. The van der Waals surface area contributed by atoms with E-state index in [0.717, 1.165) is 19.3 Å². The number of ketones is 1. The van der Waals surface area contributed by atoms with Gasteiger partial charge < -0.3 is 8.99 Å². The van der Waals surface area contributed by atoms with Crippen LogP contribution in [0.2, 0.25) is 18.1 Å². The summed E-state index contributed by atoms with van der Waals surface area (Å²) in [5, 5.41) is 0.0704. The lowest BCUT2D eigenvalue weighted by atomic mass is 9.93. The number of halogens is 1. The Morgan fingerprint density at radius 3 is 2.24 bits per heavy atom. The Kier molecular flexibility index (Phi) is 10.5. The van der Waals surface area contributed by atoms with Gasteiger partial charge in [0.1, 0.15) is 5.78 Å². The number of carbonyl (C=O) groups is 1. The van der Waals surface area contributed by atoms with Gasteiger partial charge in [-0.3, -0.25) is 4.79 Å². The summed E-state index contributed by atoms with van der Waals surface area (Å²) in [6.07, 6.45) is 5.05. The van der Waals surface area contributed by atoms with E-state index in [1.807, 2.05) is 6.08 Å². The van der Waals surface area contributed by atoms with Crippen LogP contribution in [0.1, 0.15) is 46.5 Å². The van der Waals surface area contributed by atoms with Gasteiger partial charge in [-0.1, -0.05) is 33.3 Å². The van der Waals surface area contributed by atoms with E-state index < -0.39 is 15.5 Å². The Hall–Kier alpha value is 0.107. The largest absolute Gasteiger partial charge is 0.413 e. The van der Waals surface area contributed by atoms with E-state index in [4.69, 9.17) is 16.0 Å².